The lowest BCUT2D eigenvalue weighted by Gasteiger charge is -2.03. The van der Waals surface area contributed by atoms with E-state index in [4.69, 9.17) is 4.74 Å². The number of esters is 1. The molecule has 86 valence electrons. The van der Waals surface area contributed by atoms with Gasteiger partial charge in [-0.1, -0.05) is 18.2 Å². The van der Waals surface area contributed by atoms with Gasteiger partial charge in [0.15, 0.2) is 0 Å². The van der Waals surface area contributed by atoms with Crippen molar-refractivity contribution < 1.29 is 14.3 Å². The molecule has 2 aromatic rings. The van der Waals surface area contributed by atoms with Gasteiger partial charge in [-0.15, -0.1) is 0 Å². The van der Waals surface area contributed by atoms with E-state index in [2.05, 4.69) is 4.98 Å². The third-order valence-electron chi connectivity index (χ3n) is 1.94. The molecule has 1 heterocycles. The molecule has 0 bridgehead atoms. The lowest BCUT2D eigenvalue weighted by Crippen LogP contribution is -2.30. The Morgan fingerprint density at radius 3 is 2.71 bits per heavy atom. The Morgan fingerprint density at radius 1 is 1.35 bits per heavy atom. The first-order valence-electron chi connectivity index (χ1n) is 4.69. The van der Waals surface area contributed by atoms with Crippen LogP contribution in [-0.4, -0.2) is 11.0 Å². The molecule has 0 atom stereocenters. The van der Waals surface area contributed by atoms with Gasteiger partial charge in [0.2, 0.25) is 6.20 Å². The summed E-state index contributed by atoms with van der Waals surface area (Å²) in [5.74, 6) is -0.562. The number of benzene rings is 1. The van der Waals surface area contributed by atoms with Crippen molar-refractivity contribution in [3.05, 3.63) is 57.2 Å². The van der Waals surface area contributed by atoms with Crippen molar-refractivity contribution in [2.45, 2.75) is 0 Å². The summed E-state index contributed by atoms with van der Waals surface area (Å²) in [5, 5.41) is 11.2. The Hall–Kier alpha value is -1.70. The van der Waals surface area contributed by atoms with Crippen LogP contribution in [0.15, 0.2) is 42.7 Å². The third-order valence-corrected chi connectivity index (χ3v) is 2.70. The van der Waals surface area contributed by atoms with E-state index in [-0.39, 0.29) is 5.88 Å². The molecule has 0 fully saturated rings. The zero-order valence-corrected chi connectivity index (χ0v) is 10.7. The SMILES string of the molecule is O=C(Oc1c[n+]([O-])c(I)cn1)c1ccccc1. The van der Waals surface area contributed by atoms with Gasteiger partial charge in [-0.05, 0) is 12.1 Å². The van der Waals surface area contributed by atoms with Crippen LogP contribution >= 0.6 is 22.6 Å². The second kappa shape index (κ2) is 5.09. The van der Waals surface area contributed by atoms with Gasteiger partial charge in [-0.2, -0.15) is 4.73 Å². The number of rotatable bonds is 2. The Morgan fingerprint density at radius 2 is 2.06 bits per heavy atom. The highest BCUT2D eigenvalue weighted by Crippen LogP contribution is 2.08. The Kier molecular flexibility index (Phi) is 3.52. The van der Waals surface area contributed by atoms with Gasteiger partial charge in [0.1, 0.15) is 6.20 Å². The van der Waals surface area contributed by atoms with Gasteiger partial charge in [0, 0.05) is 22.6 Å². The quantitative estimate of drug-likeness (QED) is 0.359. The van der Waals surface area contributed by atoms with Gasteiger partial charge >= 0.3 is 5.97 Å². The van der Waals surface area contributed by atoms with Crippen LogP contribution in [-0.2, 0) is 0 Å². The van der Waals surface area contributed by atoms with E-state index in [0.29, 0.717) is 14.0 Å². The minimum atomic E-state index is -0.542. The topological polar surface area (TPSA) is 66.1 Å². The maximum absolute atomic E-state index is 11.6. The van der Waals surface area contributed by atoms with Crippen LogP contribution in [0.4, 0.5) is 0 Å². The van der Waals surface area contributed by atoms with Crippen LogP contribution in [0.5, 0.6) is 5.88 Å². The minimum absolute atomic E-state index is 0.0192. The molecule has 0 radical (unpaired) electrons. The van der Waals surface area contributed by atoms with Crippen LogP contribution in [0.2, 0.25) is 0 Å². The number of aromatic nitrogens is 2. The fourth-order valence-corrected chi connectivity index (χ4v) is 1.43. The van der Waals surface area contributed by atoms with Crippen molar-refractivity contribution in [3.63, 3.8) is 0 Å². The number of hydrogen-bond acceptors (Lipinski definition) is 4. The maximum Gasteiger partial charge on any atom is 0.345 e. The van der Waals surface area contributed by atoms with Gasteiger partial charge in [-0.3, -0.25) is 0 Å². The van der Waals surface area contributed by atoms with Crippen LogP contribution in [0.1, 0.15) is 10.4 Å². The van der Waals surface area contributed by atoms with E-state index in [1.165, 1.54) is 6.20 Å². The number of hydrogen-bond donors (Lipinski definition) is 0. The summed E-state index contributed by atoms with van der Waals surface area (Å²) in [7, 11) is 0. The first-order valence-corrected chi connectivity index (χ1v) is 5.76. The molecule has 6 heteroatoms. The molecule has 2 rings (SSSR count). The first kappa shape index (κ1) is 11.8. The lowest BCUT2D eigenvalue weighted by molar-refractivity contribution is -0.620. The predicted molar refractivity (Wildman–Crippen MR) is 67.3 cm³/mol. The summed E-state index contributed by atoms with van der Waals surface area (Å²) >= 11 is 1.83. The first-order chi connectivity index (χ1) is 8.16. The third kappa shape index (κ3) is 2.90. The summed E-state index contributed by atoms with van der Waals surface area (Å²) in [4.78, 5) is 15.5. The number of nitrogens with zero attached hydrogens (tertiary/aromatic N) is 2. The van der Waals surface area contributed by atoms with E-state index >= 15 is 0 Å². The average Bonchev–Trinajstić information content (AvgIpc) is 2.35. The van der Waals surface area contributed by atoms with Crippen molar-refractivity contribution >= 4 is 28.6 Å². The molecule has 1 aromatic heterocycles. The van der Waals surface area contributed by atoms with Crippen molar-refractivity contribution in [1.29, 1.82) is 0 Å². The highest BCUT2D eigenvalue weighted by atomic mass is 127. The lowest BCUT2D eigenvalue weighted by atomic mass is 10.2. The summed E-state index contributed by atoms with van der Waals surface area (Å²) in [6.45, 7) is 0. The second-order valence-electron chi connectivity index (χ2n) is 3.13. The number of carbonyl (C=O) groups is 1. The van der Waals surface area contributed by atoms with Crippen molar-refractivity contribution in [2.24, 2.45) is 0 Å². The molecule has 0 unspecified atom stereocenters. The Bertz CT molecular complexity index is 546. The smallest absolute Gasteiger partial charge is 0.345 e. The van der Waals surface area contributed by atoms with Gasteiger partial charge < -0.3 is 9.94 Å². The van der Waals surface area contributed by atoms with E-state index in [9.17, 15) is 10.0 Å². The van der Waals surface area contributed by atoms with Gasteiger partial charge in [-0.25, -0.2) is 9.78 Å². The second-order valence-corrected chi connectivity index (χ2v) is 4.23. The number of carbonyl (C=O) groups excluding carboxylic acids is 1. The molecule has 17 heavy (non-hydrogen) atoms. The van der Waals surface area contributed by atoms with Crippen molar-refractivity contribution in [1.82, 2.24) is 4.98 Å². The van der Waals surface area contributed by atoms with Crippen molar-refractivity contribution in [2.75, 3.05) is 0 Å². The molecule has 0 amide bonds. The molecular weight excluding hydrogens is 335 g/mol. The average molecular weight is 342 g/mol. The van der Waals surface area contributed by atoms with Crippen LogP contribution in [0, 0.1) is 8.91 Å². The largest absolute Gasteiger partial charge is 0.618 e. The van der Waals surface area contributed by atoms with E-state index < -0.39 is 5.97 Å². The molecule has 0 aliphatic heterocycles. The maximum atomic E-state index is 11.6. The molecule has 0 saturated carbocycles. The summed E-state index contributed by atoms with van der Waals surface area (Å²) in [6.07, 6.45) is 2.45. The van der Waals surface area contributed by atoms with E-state index in [0.717, 1.165) is 6.20 Å². The molecule has 0 aliphatic rings. The fraction of sp³-hybridized carbons (Fsp3) is 0. The zero-order valence-electron chi connectivity index (χ0n) is 8.54. The normalized spacial score (nSPS) is 9.94. The van der Waals surface area contributed by atoms with Gasteiger partial charge in [0.25, 0.3) is 9.58 Å². The van der Waals surface area contributed by atoms with Gasteiger partial charge in [0.05, 0.1) is 5.56 Å². The molecule has 1 aromatic carbocycles. The summed E-state index contributed by atoms with van der Waals surface area (Å²) < 4.78 is 5.95. The molecule has 0 aliphatic carbocycles. The monoisotopic (exact) mass is 342 g/mol. The highest BCUT2D eigenvalue weighted by molar-refractivity contribution is 14.1. The molecule has 5 nitrogen and oxygen atoms in total. The van der Waals surface area contributed by atoms with Crippen LogP contribution < -0.4 is 9.47 Å². The summed E-state index contributed by atoms with van der Waals surface area (Å²) in [5.41, 5.74) is 0.408. The minimum Gasteiger partial charge on any atom is -0.618 e. The predicted octanol–water partition coefficient (Wildman–Crippen LogP) is 1.54. The summed E-state index contributed by atoms with van der Waals surface area (Å²) in [6, 6.07) is 8.50. The molecule has 0 N–H and O–H groups in total. The van der Waals surface area contributed by atoms with Crippen molar-refractivity contribution in [3.8, 4) is 5.88 Å². The highest BCUT2D eigenvalue weighted by Gasteiger charge is 2.12. The van der Waals surface area contributed by atoms with Crippen LogP contribution in [0.25, 0.3) is 0 Å². The molecule has 0 saturated heterocycles. The molecule has 0 spiro atoms. The van der Waals surface area contributed by atoms with E-state index in [1.807, 2.05) is 22.6 Å². The zero-order chi connectivity index (χ0) is 12.3. The Labute approximate surface area is 111 Å². The van der Waals surface area contributed by atoms with Crippen LogP contribution in [0.3, 0.4) is 0 Å². The fourth-order valence-electron chi connectivity index (χ4n) is 1.15. The standard InChI is InChI=1S/C11H7IN2O3/c12-9-6-13-10(7-14(9)16)17-11(15)8-4-2-1-3-5-8/h1-7H. The molecular formula is C11H7IN2O3. The number of ether oxygens (including phenoxy) is 1. The number of halogens is 1. The van der Waals surface area contributed by atoms with E-state index in [1.54, 1.807) is 30.3 Å². The Balaban J connectivity index is 2.16.